The largest absolute Gasteiger partial charge is 0.339 e. The summed E-state index contributed by atoms with van der Waals surface area (Å²) >= 11 is 0. The molecule has 2 heterocycles. The fourth-order valence-corrected chi connectivity index (χ4v) is 6.28. The Morgan fingerprint density at radius 3 is 2.09 bits per heavy atom. The Labute approximate surface area is 207 Å². The fraction of sp³-hybridized carbons (Fsp3) is 0.462. The minimum absolute atomic E-state index is 0.155. The van der Waals surface area contributed by atoms with E-state index in [0.29, 0.717) is 57.9 Å². The Morgan fingerprint density at radius 1 is 0.771 bits per heavy atom. The first kappa shape index (κ1) is 24.0. The summed E-state index contributed by atoms with van der Waals surface area (Å²) < 4.78 is 28.2. The van der Waals surface area contributed by atoms with Crippen LogP contribution in [0.1, 0.15) is 28.8 Å². The second kappa shape index (κ2) is 10.1. The van der Waals surface area contributed by atoms with Crippen LogP contribution in [0, 0.1) is 5.92 Å². The lowest BCUT2D eigenvalue weighted by Gasteiger charge is -2.35. The molecule has 1 saturated carbocycles. The van der Waals surface area contributed by atoms with Gasteiger partial charge in [0, 0.05) is 70.4 Å². The Bertz CT molecular complexity index is 1170. The molecule has 0 N–H and O–H groups in total. The first-order valence-electron chi connectivity index (χ1n) is 12.4. The van der Waals surface area contributed by atoms with Crippen LogP contribution in [0.2, 0.25) is 0 Å². The predicted octanol–water partition coefficient (Wildman–Crippen LogP) is 1.89. The lowest BCUT2D eigenvalue weighted by atomic mass is 10.1. The maximum absolute atomic E-state index is 13.3. The van der Waals surface area contributed by atoms with Crippen LogP contribution in [0.15, 0.2) is 59.5 Å². The molecule has 2 aromatic carbocycles. The standard InChI is InChI=1S/C26H32N4O4S/c31-25(22-9-10-22)28-13-15-29(16-14-28)26(32)23-7-4-8-24(19-23)35(33,34)30-17-11-27(12-18-30)20-21-5-2-1-3-6-21/h1-8,19,22H,9-18,20H2. The van der Waals surface area contributed by atoms with Crippen LogP contribution >= 0.6 is 0 Å². The number of nitrogens with zero attached hydrogens (tertiary/aromatic N) is 4. The monoisotopic (exact) mass is 496 g/mol. The molecule has 35 heavy (non-hydrogen) atoms. The van der Waals surface area contributed by atoms with Gasteiger partial charge in [0.15, 0.2) is 0 Å². The van der Waals surface area contributed by atoms with Crippen LogP contribution in [0.4, 0.5) is 0 Å². The summed E-state index contributed by atoms with van der Waals surface area (Å²) in [5, 5.41) is 0. The number of carbonyl (C=O) groups is 2. The number of benzene rings is 2. The summed E-state index contributed by atoms with van der Waals surface area (Å²) in [6.07, 6.45) is 1.95. The number of rotatable bonds is 6. The number of sulfonamides is 1. The van der Waals surface area contributed by atoms with Gasteiger partial charge in [-0.15, -0.1) is 0 Å². The topological polar surface area (TPSA) is 81.2 Å². The maximum Gasteiger partial charge on any atom is 0.254 e. The number of carbonyl (C=O) groups excluding carboxylic acids is 2. The number of hydrogen-bond donors (Lipinski definition) is 0. The van der Waals surface area contributed by atoms with E-state index < -0.39 is 10.0 Å². The SMILES string of the molecule is O=C(c1cccc(S(=O)(=O)N2CCN(Cc3ccccc3)CC2)c1)N1CCN(C(=O)C2CC2)CC1. The van der Waals surface area contributed by atoms with Crippen molar-refractivity contribution in [2.24, 2.45) is 5.92 Å². The third-order valence-electron chi connectivity index (χ3n) is 7.10. The Balaban J connectivity index is 1.19. The Morgan fingerprint density at radius 2 is 1.43 bits per heavy atom. The van der Waals surface area contributed by atoms with Crippen LogP contribution in [-0.4, -0.2) is 91.6 Å². The van der Waals surface area contributed by atoms with Gasteiger partial charge >= 0.3 is 0 Å². The van der Waals surface area contributed by atoms with Gasteiger partial charge in [-0.2, -0.15) is 4.31 Å². The fourth-order valence-electron chi connectivity index (χ4n) is 4.81. The first-order chi connectivity index (χ1) is 16.9. The van der Waals surface area contributed by atoms with Crippen molar-refractivity contribution in [3.05, 3.63) is 65.7 Å². The van der Waals surface area contributed by atoms with E-state index in [9.17, 15) is 18.0 Å². The van der Waals surface area contributed by atoms with Crippen LogP contribution in [0.3, 0.4) is 0 Å². The van der Waals surface area contributed by atoms with Crippen molar-refractivity contribution in [3.63, 3.8) is 0 Å². The van der Waals surface area contributed by atoms with Crippen molar-refractivity contribution < 1.29 is 18.0 Å². The molecule has 0 unspecified atom stereocenters. The third kappa shape index (κ3) is 5.42. The summed E-state index contributed by atoms with van der Waals surface area (Å²) in [7, 11) is -3.68. The van der Waals surface area contributed by atoms with E-state index in [1.54, 1.807) is 23.1 Å². The molecule has 5 rings (SSSR count). The van der Waals surface area contributed by atoms with Crippen molar-refractivity contribution in [2.45, 2.75) is 24.3 Å². The van der Waals surface area contributed by atoms with Gasteiger partial charge in [-0.3, -0.25) is 14.5 Å². The summed E-state index contributed by atoms with van der Waals surface area (Å²) in [4.78, 5) is 31.3. The van der Waals surface area contributed by atoms with E-state index in [1.165, 1.54) is 15.9 Å². The van der Waals surface area contributed by atoms with Crippen molar-refractivity contribution in [1.82, 2.24) is 19.0 Å². The Hall–Kier alpha value is -2.75. The van der Waals surface area contributed by atoms with E-state index in [4.69, 9.17) is 0 Å². The molecule has 0 aromatic heterocycles. The average molecular weight is 497 g/mol. The molecule has 1 aliphatic carbocycles. The molecule has 2 aliphatic heterocycles. The molecule has 0 atom stereocenters. The van der Waals surface area contributed by atoms with Crippen molar-refractivity contribution >= 4 is 21.8 Å². The van der Waals surface area contributed by atoms with E-state index in [-0.39, 0.29) is 22.6 Å². The molecule has 2 saturated heterocycles. The quantitative estimate of drug-likeness (QED) is 0.610. The maximum atomic E-state index is 13.3. The smallest absolute Gasteiger partial charge is 0.254 e. The summed E-state index contributed by atoms with van der Waals surface area (Å²) in [5.41, 5.74) is 1.59. The molecule has 8 nitrogen and oxygen atoms in total. The molecule has 9 heteroatoms. The van der Waals surface area contributed by atoms with Gasteiger partial charge in [0.25, 0.3) is 5.91 Å². The molecule has 3 aliphatic rings. The second-order valence-electron chi connectivity index (χ2n) is 9.59. The molecular formula is C26H32N4O4S. The zero-order valence-corrected chi connectivity index (χ0v) is 20.7. The minimum atomic E-state index is -3.68. The highest BCUT2D eigenvalue weighted by molar-refractivity contribution is 7.89. The number of amides is 2. The van der Waals surface area contributed by atoms with Gasteiger partial charge in [-0.05, 0) is 36.6 Å². The van der Waals surface area contributed by atoms with Crippen molar-refractivity contribution in [1.29, 1.82) is 0 Å². The van der Waals surface area contributed by atoms with Gasteiger partial charge in [0.1, 0.15) is 0 Å². The number of piperazine rings is 2. The minimum Gasteiger partial charge on any atom is -0.339 e. The van der Waals surface area contributed by atoms with Gasteiger partial charge in [0.2, 0.25) is 15.9 Å². The van der Waals surface area contributed by atoms with E-state index >= 15 is 0 Å². The summed E-state index contributed by atoms with van der Waals surface area (Å²) in [5.74, 6) is 0.196. The number of hydrogen-bond acceptors (Lipinski definition) is 5. The van der Waals surface area contributed by atoms with Crippen LogP contribution in [-0.2, 0) is 21.4 Å². The van der Waals surface area contributed by atoms with Crippen molar-refractivity contribution in [2.75, 3.05) is 52.4 Å². The molecule has 0 radical (unpaired) electrons. The molecule has 3 fully saturated rings. The highest BCUT2D eigenvalue weighted by atomic mass is 32.2. The molecule has 0 spiro atoms. The first-order valence-corrected chi connectivity index (χ1v) is 13.8. The summed E-state index contributed by atoms with van der Waals surface area (Å²) in [6.45, 7) is 4.98. The van der Waals surface area contributed by atoms with E-state index in [2.05, 4.69) is 17.0 Å². The van der Waals surface area contributed by atoms with Gasteiger partial charge in [0.05, 0.1) is 4.90 Å². The highest BCUT2D eigenvalue weighted by Crippen LogP contribution is 2.31. The van der Waals surface area contributed by atoms with Gasteiger partial charge < -0.3 is 9.80 Å². The lowest BCUT2D eigenvalue weighted by Crippen LogP contribution is -2.51. The zero-order valence-electron chi connectivity index (χ0n) is 19.9. The average Bonchev–Trinajstić information content (AvgIpc) is 3.75. The van der Waals surface area contributed by atoms with E-state index in [1.807, 2.05) is 23.1 Å². The van der Waals surface area contributed by atoms with Crippen LogP contribution in [0.25, 0.3) is 0 Å². The van der Waals surface area contributed by atoms with Gasteiger partial charge in [-0.1, -0.05) is 36.4 Å². The van der Waals surface area contributed by atoms with Crippen LogP contribution < -0.4 is 0 Å². The second-order valence-corrected chi connectivity index (χ2v) is 11.5. The molecular weight excluding hydrogens is 464 g/mol. The molecule has 2 amide bonds. The van der Waals surface area contributed by atoms with Crippen LogP contribution in [0.5, 0.6) is 0 Å². The Kier molecular flexibility index (Phi) is 6.91. The normalized spacial score (nSPS) is 20.1. The van der Waals surface area contributed by atoms with Crippen molar-refractivity contribution in [3.8, 4) is 0 Å². The highest BCUT2D eigenvalue weighted by Gasteiger charge is 2.35. The molecule has 2 aromatic rings. The third-order valence-corrected chi connectivity index (χ3v) is 9.00. The molecule has 186 valence electrons. The lowest BCUT2D eigenvalue weighted by molar-refractivity contribution is -0.134. The summed E-state index contributed by atoms with van der Waals surface area (Å²) in [6, 6.07) is 16.5. The predicted molar refractivity (Wildman–Crippen MR) is 132 cm³/mol. The zero-order chi connectivity index (χ0) is 24.4. The van der Waals surface area contributed by atoms with Gasteiger partial charge in [-0.25, -0.2) is 8.42 Å². The van der Waals surface area contributed by atoms with E-state index in [0.717, 1.165) is 19.4 Å². The molecule has 0 bridgehead atoms.